The maximum absolute atomic E-state index is 13.0. The first-order valence-corrected chi connectivity index (χ1v) is 4.32. The van der Waals surface area contributed by atoms with E-state index in [0.717, 1.165) is 6.07 Å². The van der Waals surface area contributed by atoms with Gasteiger partial charge in [-0.15, -0.1) is 0 Å². The molecule has 0 aliphatic heterocycles. The smallest absolute Gasteiger partial charge is 0.166 e. The molecule has 0 aliphatic carbocycles. The molecule has 0 aromatic heterocycles. The molecule has 1 aromatic carbocycles. The average molecular weight is 204 g/mol. The second kappa shape index (κ2) is 3.94. The molecule has 0 amide bonds. The molecule has 0 saturated heterocycles. The van der Waals surface area contributed by atoms with Crippen LogP contribution in [-0.4, -0.2) is 11.7 Å². The van der Waals surface area contributed by atoms with E-state index in [-0.39, 0.29) is 5.75 Å². The van der Waals surface area contributed by atoms with Gasteiger partial charge < -0.3 is 10.8 Å². The van der Waals surface area contributed by atoms with Gasteiger partial charge in [0.25, 0.3) is 0 Å². The van der Waals surface area contributed by atoms with Crippen molar-refractivity contribution >= 4 is 11.6 Å². The zero-order chi connectivity index (χ0) is 10.0. The molecule has 0 fully saturated rings. The molecule has 1 aromatic rings. The summed E-state index contributed by atoms with van der Waals surface area (Å²) >= 11 is 5.73. The third-order valence-electron chi connectivity index (χ3n) is 1.97. The van der Waals surface area contributed by atoms with E-state index in [2.05, 4.69) is 0 Å². The Kier molecular flexibility index (Phi) is 3.12. The highest BCUT2D eigenvalue weighted by molar-refractivity contribution is 6.31. The minimum Gasteiger partial charge on any atom is -0.505 e. The maximum atomic E-state index is 13.0. The number of hydrogen-bond acceptors (Lipinski definition) is 2. The molecule has 0 bridgehead atoms. The van der Waals surface area contributed by atoms with Gasteiger partial charge in [0.05, 0.1) is 0 Å². The number of hydrogen-bond donors (Lipinski definition) is 2. The van der Waals surface area contributed by atoms with E-state index in [0.29, 0.717) is 29.1 Å². The van der Waals surface area contributed by atoms with Gasteiger partial charge in [0, 0.05) is 10.6 Å². The molecule has 3 N–H and O–H groups in total. The van der Waals surface area contributed by atoms with Crippen molar-refractivity contribution in [2.24, 2.45) is 5.73 Å². The van der Waals surface area contributed by atoms with Crippen molar-refractivity contribution < 1.29 is 9.50 Å². The van der Waals surface area contributed by atoms with Crippen LogP contribution in [0.5, 0.6) is 5.75 Å². The van der Waals surface area contributed by atoms with E-state index in [4.69, 9.17) is 17.3 Å². The van der Waals surface area contributed by atoms with Crippen LogP contribution in [0.1, 0.15) is 11.1 Å². The summed E-state index contributed by atoms with van der Waals surface area (Å²) in [6.45, 7) is 2.08. The number of halogens is 2. The Hall–Kier alpha value is -0.800. The average Bonchev–Trinajstić information content (AvgIpc) is 2.09. The van der Waals surface area contributed by atoms with E-state index >= 15 is 0 Å². The van der Waals surface area contributed by atoms with Crippen LogP contribution >= 0.6 is 11.6 Å². The predicted octanol–water partition coefficient (Wildman–Crippen LogP) is 1.99. The molecule has 72 valence electrons. The molecule has 0 spiro atoms. The van der Waals surface area contributed by atoms with E-state index in [1.54, 1.807) is 6.92 Å². The van der Waals surface area contributed by atoms with Crippen LogP contribution in [0.25, 0.3) is 0 Å². The summed E-state index contributed by atoms with van der Waals surface area (Å²) in [6, 6.07) is 1.10. The fraction of sp³-hybridized carbons (Fsp3) is 0.333. The van der Waals surface area contributed by atoms with Crippen LogP contribution in [0.3, 0.4) is 0 Å². The summed E-state index contributed by atoms with van der Waals surface area (Å²) in [5.74, 6) is -1.04. The molecule has 0 radical (unpaired) electrons. The van der Waals surface area contributed by atoms with Gasteiger partial charge in [-0.2, -0.15) is 0 Å². The first kappa shape index (κ1) is 10.3. The zero-order valence-electron chi connectivity index (χ0n) is 7.27. The SMILES string of the molecule is Cc1c(Cl)cc(F)c(O)c1CCN. The van der Waals surface area contributed by atoms with Gasteiger partial charge in [0.1, 0.15) is 0 Å². The van der Waals surface area contributed by atoms with E-state index in [1.807, 2.05) is 0 Å². The van der Waals surface area contributed by atoms with Crippen molar-refractivity contribution in [1.29, 1.82) is 0 Å². The molecule has 2 nitrogen and oxygen atoms in total. The lowest BCUT2D eigenvalue weighted by Crippen LogP contribution is -2.05. The third-order valence-corrected chi connectivity index (χ3v) is 2.36. The van der Waals surface area contributed by atoms with Crippen molar-refractivity contribution in [2.45, 2.75) is 13.3 Å². The molecule has 0 unspecified atom stereocenters. The summed E-state index contributed by atoms with van der Waals surface area (Å²) < 4.78 is 13.0. The zero-order valence-corrected chi connectivity index (χ0v) is 8.03. The fourth-order valence-corrected chi connectivity index (χ4v) is 1.41. The minimum atomic E-state index is -0.695. The van der Waals surface area contributed by atoms with E-state index in [9.17, 15) is 9.50 Å². The number of phenols is 1. The van der Waals surface area contributed by atoms with Crippen LogP contribution < -0.4 is 5.73 Å². The summed E-state index contributed by atoms with van der Waals surface area (Å²) in [7, 11) is 0. The summed E-state index contributed by atoms with van der Waals surface area (Å²) in [5, 5.41) is 9.66. The lowest BCUT2D eigenvalue weighted by molar-refractivity contribution is 0.425. The Morgan fingerprint density at radius 3 is 2.77 bits per heavy atom. The van der Waals surface area contributed by atoms with E-state index in [1.165, 1.54) is 0 Å². The quantitative estimate of drug-likeness (QED) is 0.772. The van der Waals surface area contributed by atoms with Crippen LogP contribution in [0.4, 0.5) is 4.39 Å². The number of nitrogens with two attached hydrogens (primary N) is 1. The summed E-state index contributed by atoms with van der Waals surface area (Å²) in [4.78, 5) is 0. The summed E-state index contributed by atoms with van der Waals surface area (Å²) in [5.41, 5.74) is 6.50. The lowest BCUT2D eigenvalue weighted by atomic mass is 10.0. The Morgan fingerprint density at radius 1 is 1.62 bits per heavy atom. The predicted molar refractivity (Wildman–Crippen MR) is 50.6 cm³/mol. The Morgan fingerprint density at radius 2 is 2.23 bits per heavy atom. The minimum absolute atomic E-state index is 0.318. The second-order valence-corrected chi connectivity index (χ2v) is 3.24. The van der Waals surface area contributed by atoms with Crippen LogP contribution in [0, 0.1) is 12.7 Å². The van der Waals surface area contributed by atoms with Gasteiger partial charge in [0.15, 0.2) is 11.6 Å². The first-order chi connectivity index (χ1) is 6.07. The van der Waals surface area contributed by atoms with Gasteiger partial charge in [-0.3, -0.25) is 0 Å². The topological polar surface area (TPSA) is 46.2 Å². The summed E-state index contributed by atoms with van der Waals surface area (Å²) in [6.07, 6.45) is 0.426. The molecule has 1 rings (SSSR count). The molecular formula is C9H11ClFNO. The monoisotopic (exact) mass is 203 g/mol. The molecule has 0 saturated carbocycles. The first-order valence-electron chi connectivity index (χ1n) is 3.94. The van der Waals surface area contributed by atoms with Crippen LogP contribution in [-0.2, 0) is 6.42 Å². The number of benzene rings is 1. The molecule has 4 heteroatoms. The fourth-order valence-electron chi connectivity index (χ4n) is 1.20. The van der Waals surface area contributed by atoms with Gasteiger partial charge in [-0.05, 0) is 31.5 Å². The highest BCUT2D eigenvalue weighted by Crippen LogP contribution is 2.30. The Labute approximate surface area is 81.1 Å². The molecule has 0 heterocycles. The van der Waals surface area contributed by atoms with Crippen molar-refractivity contribution in [1.82, 2.24) is 0 Å². The molecule has 0 aliphatic rings. The van der Waals surface area contributed by atoms with E-state index < -0.39 is 5.82 Å². The van der Waals surface area contributed by atoms with Crippen molar-refractivity contribution in [3.63, 3.8) is 0 Å². The Bertz CT molecular complexity index is 302. The molecule has 0 atom stereocenters. The van der Waals surface area contributed by atoms with Gasteiger partial charge in [-0.25, -0.2) is 4.39 Å². The Balaban J connectivity index is 3.28. The van der Waals surface area contributed by atoms with Gasteiger partial charge in [0.2, 0.25) is 0 Å². The standard InChI is InChI=1S/C9H11ClFNO/c1-5-6(2-3-12)9(13)8(11)4-7(5)10/h4,13H,2-3,12H2,1H3. The van der Waals surface area contributed by atoms with Gasteiger partial charge >= 0.3 is 0 Å². The molecule has 13 heavy (non-hydrogen) atoms. The third kappa shape index (κ3) is 1.92. The van der Waals surface area contributed by atoms with Crippen LogP contribution in [0.2, 0.25) is 5.02 Å². The van der Waals surface area contributed by atoms with Crippen molar-refractivity contribution in [3.05, 3.63) is 28.0 Å². The van der Waals surface area contributed by atoms with Crippen molar-refractivity contribution in [3.8, 4) is 5.75 Å². The maximum Gasteiger partial charge on any atom is 0.166 e. The normalized spacial score (nSPS) is 10.5. The van der Waals surface area contributed by atoms with Crippen LogP contribution in [0.15, 0.2) is 6.07 Å². The number of aromatic hydroxyl groups is 1. The highest BCUT2D eigenvalue weighted by Gasteiger charge is 2.12. The van der Waals surface area contributed by atoms with Crippen molar-refractivity contribution in [2.75, 3.05) is 6.54 Å². The van der Waals surface area contributed by atoms with Gasteiger partial charge in [-0.1, -0.05) is 11.6 Å². The number of phenolic OH excluding ortho intramolecular Hbond substituents is 1. The lowest BCUT2D eigenvalue weighted by Gasteiger charge is -2.09. The highest BCUT2D eigenvalue weighted by atomic mass is 35.5. The largest absolute Gasteiger partial charge is 0.505 e. The second-order valence-electron chi connectivity index (χ2n) is 2.83. The number of rotatable bonds is 2. The molecular weight excluding hydrogens is 193 g/mol.